The highest BCUT2D eigenvalue weighted by Gasteiger charge is 2.19. The van der Waals surface area contributed by atoms with E-state index in [0.29, 0.717) is 5.56 Å². The largest absolute Gasteiger partial charge is 0.507 e. The molecule has 0 atom stereocenters. The first-order valence-corrected chi connectivity index (χ1v) is 6.44. The number of nitrogens with one attached hydrogen (secondary N) is 1. The van der Waals surface area contributed by atoms with Gasteiger partial charge in [0, 0.05) is 17.7 Å². The molecule has 0 saturated heterocycles. The normalized spacial score (nSPS) is 10.5. The molecule has 0 aliphatic carbocycles. The van der Waals surface area contributed by atoms with Crippen LogP contribution in [0.15, 0.2) is 47.6 Å². The fourth-order valence-electron chi connectivity index (χ4n) is 1.76. The number of carbonyl (C=O) groups is 1. The van der Waals surface area contributed by atoms with E-state index in [9.17, 15) is 30.1 Å². The SMILES string of the molecule is O=C(N/N=C/c1ccccc1O)c1cc([N+](=O)[O-])cc([N+](=O)[O-])c1. The number of amides is 1. The molecule has 0 aliphatic rings. The maximum atomic E-state index is 11.9. The molecule has 0 saturated carbocycles. The Kier molecular flexibility index (Phi) is 4.80. The molecule has 2 rings (SSSR count). The lowest BCUT2D eigenvalue weighted by atomic mass is 10.1. The zero-order chi connectivity index (χ0) is 17.7. The Morgan fingerprint density at radius 2 is 1.67 bits per heavy atom. The van der Waals surface area contributed by atoms with E-state index in [1.807, 2.05) is 0 Å². The van der Waals surface area contributed by atoms with Crippen molar-refractivity contribution < 1.29 is 19.7 Å². The summed E-state index contributed by atoms with van der Waals surface area (Å²) in [5.74, 6) is -0.921. The number of non-ortho nitro benzene ring substituents is 2. The maximum absolute atomic E-state index is 11.9. The molecule has 0 aromatic heterocycles. The summed E-state index contributed by atoms with van der Waals surface area (Å²) in [5, 5.41) is 34.7. The van der Waals surface area contributed by atoms with Gasteiger partial charge in [0.25, 0.3) is 17.3 Å². The monoisotopic (exact) mass is 330 g/mol. The zero-order valence-electron chi connectivity index (χ0n) is 11.9. The number of nitro benzene ring substituents is 2. The molecule has 0 radical (unpaired) electrons. The number of hydrogen-bond donors (Lipinski definition) is 2. The van der Waals surface area contributed by atoms with E-state index >= 15 is 0 Å². The van der Waals surface area contributed by atoms with Gasteiger partial charge in [0.1, 0.15) is 5.75 Å². The standard InChI is InChI=1S/C14H10N4O6/c19-13-4-2-1-3-9(13)8-15-16-14(20)10-5-11(17(21)22)7-12(6-10)18(23)24/h1-8,19H,(H,16,20)/b15-8+. The van der Waals surface area contributed by atoms with E-state index < -0.39 is 27.1 Å². The maximum Gasteiger partial charge on any atom is 0.277 e. The number of benzene rings is 2. The quantitative estimate of drug-likeness (QED) is 0.486. The molecule has 10 heteroatoms. The van der Waals surface area contributed by atoms with Gasteiger partial charge in [0.15, 0.2) is 0 Å². The highest BCUT2D eigenvalue weighted by atomic mass is 16.6. The number of para-hydroxylation sites is 1. The average Bonchev–Trinajstić information content (AvgIpc) is 2.56. The number of aromatic hydroxyl groups is 1. The Morgan fingerprint density at radius 3 is 2.21 bits per heavy atom. The van der Waals surface area contributed by atoms with Crippen LogP contribution < -0.4 is 5.43 Å². The highest BCUT2D eigenvalue weighted by Crippen LogP contribution is 2.22. The summed E-state index contributed by atoms with van der Waals surface area (Å²) in [6.07, 6.45) is 1.17. The molecular formula is C14H10N4O6. The first kappa shape index (κ1) is 16.5. The van der Waals surface area contributed by atoms with Gasteiger partial charge in [-0.3, -0.25) is 25.0 Å². The van der Waals surface area contributed by atoms with Gasteiger partial charge in [0.05, 0.1) is 27.7 Å². The van der Waals surface area contributed by atoms with Gasteiger partial charge in [-0.25, -0.2) is 5.43 Å². The Hall–Kier alpha value is -3.82. The highest BCUT2D eigenvalue weighted by molar-refractivity contribution is 5.96. The number of hydrazone groups is 1. The molecule has 0 heterocycles. The van der Waals surface area contributed by atoms with Crippen LogP contribution >= 0.6 is 0 Å². The number of nitro groups is 2. The molecule has 122 valence electrons. The van der Waals surface area contributed by atoms with E-state index in [2.05, 4.69) is 10.5 Å². The van der Waals surface area contributed by atoms with Crippen molar-refractivity contribution in [2.45, 2.75) is 0 Å². The summed E-state index contributed by atoms with van der Waals surface area (Å²) in [4.78, 5) is 31.8. The van der Waals surface area contributed by atoms with Crippen LogP contribution in [0.5, 0.6) is 5.75 Å². The van der Waals surface area contributed by atoms with E-state index in [4.69, 9.17) is 0 Å². The Morgan fingerprint density at radius 1 is 1.08 bits per heavy atom. The minimum atomic E-state index is -0.867. The van der Waals surface area contributed by atoms with Gasteiger partial charge in [-0.2, -0.15) is 5.10 Å². The summed E-state index contributed by atoms with van der Waals surface area (Å²) in [7, 11) is 0. The number of rotatable bonds is 5. The van der Waals surface area contributed by atoms with Gasteiger partial charge < -0.3 is 5.11 Å². The molecule has 0 bridgehead atoms. The first-order valence-electron chi connectivity index (χ1n) is 6.44. The van der Waals surface area contributed by atoms with Crippen LogP contribution in [0.3, 0.4) is 0 Å². The van der Waals surface area contributed by atoms with Crippen molar-refractivity contribution in [1.82, 2.24) is 5.43 Å². The molecule has 0 aliphatic heterocycles. The van der Waals surface area contributed by atoms with Crippen molar-refractivity contribution in [2.75, 3.05) is 0 Å². The van der Waals surface area contributed by atoms with Gasteiger partial charge >= 0.3 is 0 Å². The lowest BCUT2D eigenvalue weighted by Crippen LogP contribution is -2.18. The molecule has 0 spiro atoms. The number of phenols is 1. The second kappa shape index (κ2) is 6.96. The fraction of sp³-hybridized carbons (Fsp3) is 0. The molecule has 24 heavy (non-hydrogen) atoms. The van der Waals surface area contributed by atoms with E-state index in [1.54, 1.807) is 18.2 Å². The van der Waals surface area contributed by atoms with Crippen LogP contribution in [-0.2, 0) is 0 Å². The lowest BCUT2D eigenvalue weighted by Gasteiger charge is -2.01. The molecule has 0 unspecified atom stereocenters. The Labute approximate surface area is 134 Å². The lowest BCUT2D eigenvalue weighted by molar-refractivity contribution is -0.394. The second-order valence-electron chi connectivity index (χ2n) is 4.51. The summed E-state index contributed by atoms with van der Waals surface area (Å²) in [5.41, 5.74) is 0.962. The molecular weight excluding hydrogens is 320 g/mol. The summed E-state index contributed by atoms with van der Waals surface area (Å²) >= 11 is 0. The molecule has 10 nitrogen and oxygen atoms in total. The van der Waals surface area contributed by atoms with Crippen LogP contribution in [0.1, 0.15) is 15.9 Å². The fourth-order valence-corrected chi connectivity index (χ4v) is 1.76. The van der Waals surface area contributed by atoms with Crippen molar-refractivity contribution in [3.05, 3.63) is 73.8 Å². The Balaban J connectivity index is 2.22. The van der Waals surface area contributed by atoms with Crippen LogP contribution in [0.4, 0.5) is 11.4 Å². The van der Waals surface area contributed by atoms with Crippen LogP contribution in [-0.4, -0.2) is 27.1 Å². The number of phenolic OH excluding ortho intramolecular Hbond substituents is 1. The molecule has 2 aromatic rings. The minimum Gasteiger partial charge on any atom is -0.507 e. The number of nitrogens with zero attached hydrogens (tertiary/aromatic N) is 3. The van der Waals surface area contributed by atoms with Crippen LogP contribution in [0.2, 0.25) is 0 Å². The van der Waals surface area contributed by atoms with Crippen molar-refractivity contribution in [3.8, 4) is 5.75 Å². The summed E-state index contributed by atoms with van der Waals surface area (Å²) in [6, 6.07) is 8.77. The third kappa shape index (κ3) is 3.88. The van der Waals surface area contributed by atoms with Crippen molar-refractivity contribution in [1.29, 1.82) is 0 Å². The topological polar surface area (TPSA) is 148 Å². The van der Waals surface area contributed by atoms with Gasteiger partial charge in [0.2, 0.25) is 0 Å². The van der Waals surface area contributed by atoms with Gasteiger partial charge in [-0.05, 0) is 12.1 Å². The molecule has 2 N–H and O–H groups in total. The van der Waals surface area contributed by atoms with E-state index in [0.717, 1.165) is 18.2 Å². The smallest absolute Gasteiger partial charge is 0.277 e. The van der Waals surface area contributed by atoms with Gasteiger partial charge in [-0.1, -0.05) is 12.1 Å². The predicted octanol–water partition coefficient (Wildman–Crippen LogP) is 1.97. The minimum absolute atomic E-state index is 0.0542. The molecule has 2 aromatic carbocycles. The van der Waals surface area contributed by atoms with Gasteiger partial charge in [-0.15, -0.1) is 0 Å². The zero-order valence-corrected chi connectivity index (χ0v) is 11.9. The summed E-state index contributed by atoms with van der Waals surface area (Å²) in [6.45, 7) is 0. The Bertz CT molecular complexity index is 817. The van der Waals surface area contributed by atoms with Crippen LogP contribution in [0, 0.1) is 20.2 Å². The second-order valence-corrected chi connectivity index (χ2v) is 4.51. The van der Waals surface area contributed by atoms with Crippen LogP contribution in [0.25, 0.3) is 0 Å². The average molecular weight is 330 g/mol. The van der Waals surface area contributed by atoms with E-state index in [-0.39, 0.29) is 11.3 Å². The summed E-state index contributed by atoms with van der Waals surface area (Å²) < 4.78 is 0. The predicted molar refractivity (Wildman–Crippen MR) is 82.9 cm³/mol. The third-order valence-corrected chi connectivity index (χ3v) is 2.89. The van der Waals surface area contributed by atoms with Crippen molar-refractivity contribution in [3.63, 3.8) is 0 Å². The first-order chi connectivity index (χ1) is 11.4. The number of carbonyl (C=O) groups excluding carboxylic acids is 1. The van der Waals surface area contributed by atoms with E-state index in [1.165, 1.54) is 12.3 Å². The van der Waals surface area contributed by atoms with Crippen molar-refractivity contribution in [2.24, 2.45) is 5.10 Å². The molecule has 1 amide bonds. The number of hydrogen-bond acceptors (Lipinski definition) is 7. The van der Waals surface area contributed by atoms with Crippen molar-refractivity contribution >= 4 is 23.5 Å². The third-order valence-electron chi connectivity index (χ3n) is 2.89. The molecule has 0 fully saturated rings.